The number of nitrogens with one attached hydrogen (secondary N) is 1. The van der Waals surface area contributed by atoms with Crippen molar-refractivity contribution in [1.82, 2.24) is 15.1 Å². The normalized spacial score (nSPS) is 17.5. The number of piperazine rings is 1. The van der Waals surface area contributed by atoms with Crippen molar-refractivity contribution in [2.75, 3.05) is 42.1 Å². The van der Waals surface area contributed by atoms with Crippen molar-refractivity contribution in [3.8, 4) is 11.5 Å². The predicted octanol–water partition coefficient (Wildman–Crippen LogP) is 5.58. The number of thioether (sulfide) groups is 1. The van der Waals surface area contributed by atoms with E-state index in [1.807, 2.05) is 24.3 Å². The fourth-order valence-electron chi connectivity index (χ4n) is 4.85. The lowest BCUT2D eigenvalue weighted by molar-refractivity contribution is -0.113. The lowest BCUT2D eigenvalue weighted by atomic mass is 9.94. The molecule has 0 spiro atoms. The summed E-state index contributed by atoms with van der Waals surface area (Å²) in [5.41, 5.74) is 2.78. The molecular weight excluding hydrogens is 482 g/mol. The largest absolute Gasteiger partial charge is 0.411 e. The summed E-state index contributed by atoms with van der Waals surface area (Å²) < 4.78 is 5.65. The Kier molecular flexibility index (Phi) is 7.91. The van der Waals surface area contributed by atoms with Crippen LogP contribution in [0.25, 0.3) is 11.5 Å². The van der Waals surface area contributed by atoms with Gasteiger partial charge in [0.25, 0.3) is 5.22 Å². The first kappa shape index (κ1) is 24.2. The first-order chi connectivity index (χ1) is 17.1. The first-order valence-corrected chi connectivity index (χ1v) is 13.6. The molecule has 5 rings (SSSR count). The Morgan fingerprint density at radius 3 is 2.40 bits per heavy atom. The zero-order valence-corrected chi connectivity index (χ0v) is 21.2. The highest BCUT2D eigenvalue weighted by atomic mass is 35.5. The third kappa shape index (κ3) is 6.37. The molecule has 1 aliphatic carbocycles. The second-order valence-electron chi connectivity index (χ2n) is 9.08. The highest BCUT2D eigenvalue weighted by Crippen LogP contribution is 2.27. The predicted molar refractivity (Wildman–Crippen MR) is 141 cm³/mol. The van der Waals surface area contributed by atoms with E-state index in [0.717, 1.165) is 43.5 Å². The van der Waals surface area contributed by atoms with Crippen LogP contribution in [0, 0.1) is 0 Å². The van der Waals surface area contributed by atoms with Gasteiger partial charge in [0, 0.05) is 54.2 Å². The second-order valence-corrected chi connectivity index (χ2v) is 10.4. The first-order valence-electron chi connectivity index (χ1n) is 12.3. The maximum absolute atomic E-state index is 12.4. The van der Waals surface area contributed by atoms with Crippen molar-refractivity contribution in [2.24, 2.45) is 0 Å². The van der Waals surface area contributed by atoms with E-state index in [0.29, 0.717) is 16.1 Å². The summed E-state index contributed by atoms with van der Waals surface area (Å²) in [7, 11) is 0. The van der Waals surface area contributed by atoms with Gasteiger partial charge in [0.05, 0.1) is 5.75 Å². The number of aromatic nitrogens is 2. The Morgan fingerprint density at radius 2 is 1.69 bits per heavy atom. The Balaban J connectivity index is 1.07. The third-order valence-corrected chi connectivity index (χ3v) is 7.82. The minimum Gasteiger partial charge on any atom is -0.411 e. The molecule has 0 bridgehead atoms. The van der Waals surface area contributed by atoms with Crippen LogP contribution in [-0.4, -0.2) is 59.0 Å². The zero-order chi connectivity index (χ0) is 24.0. The number of carbonyl (C=O) groups is 1. The summed E-state index contributed by atoms with van der Waals surface area (Å²) in [5, 5.41) is 12.0. The summed E-state index contributed by atoms with van der Waals surface area (Å²) in [5.74, 6) is 0.475. The van der Waals surface area contributed by atoms with Gasteiger partial charge in [0.2, 0.25) is 11.8 Å². The molecule has 0 atom stereocenters. The molecule has 184 valence electrons. The van der Waals surface area contributed by atoms with Crippen LogP contribution in [0.3, 0.4) is 0 Å². The molecule has 2 fully saturated rings. The molecule has 1 saturated carbocycles. The summed E-state index contributed by atoms with van der Waals surface area (Å²) in [6.45, 7) is 4.38. The Morgan fingerprint density at radius 1 is 0.971 bits per heavy atom. The van der Waals surface area contributed by atoms with E-state index in [2.05, 4.69) is 37.4 Å². The average Bonchev–Trinajstić information content (AvgIpc) is 3.38. The fraction of sp³-hybridized carbons (Fsp3) is 0.423. The molecule has 1 aliphatic heterocycles. The van der Waals surface area contributed by atoms with Crippen LogP contribution in [0.5, 0.6) is 0 Å². The van der Waals surface area contributed by atoms with E-state index in [4.69, 9.17) is 16.0 Å². The van der Waals surface area contributed by atoms with Gasteiger partial charge < -0.3 is 14.6 Å². The van der Waals surface area contributed by atoms with Crippen LogP contribution >= 0.6 is 23.4 Å². The molecular formula is C26H30ClN5O2S. The number of rotatable bonds is 7. The maximum atomic E-state index is 12.4. The summed E-state index contributed by atoms with van der Waals surface area (Å²) >= 11 is 7.13. The number of hydrogen-bond acceptors (Lipinski definition) is 7. The Hall–Kier alpha value is -2.55. The van der Waals surface area contributed by atoms with Crippen molar-refractivity contribution in [1.29, 1.82) is 0 Å². The number of benzene rings is 2. The summed E-state index contributed by atoms with van der Waals surface area (Å²) in [6, 6.07) is 16.1. The van der Waals surface area contributed by atoms with Gasteiger partial charge in [-0.25, -0.2) is 0 Å². The van der Waals surface area contributed by atoms with Crippen LogP contribution in [0.2, 0.25) is 5.02 Å². The van der Waals surface area contributed by atoms with Gasteiger partial charge in [-0.15, -0.1) is 10.2 Å². The molecule has 1 amide bonds. The molecule has 1 aromatic heterocycles. The maximum Gasteiger partial charge on any atom is 0.277 e. The van der Waals surface area contributed by atoms with E-state index in [1.165, 1.54) is 49.6 Å². The highest BCUT2D eigenvalue weighted by Gasteiger charge is 2.25. The quantitative estimate of drug-likeness (QED) is 0.415. The summed E-state index contributed by atoms with van der Waals surface area (Å²) in [4.78, 5) is 17.5. The van der Waals surface area contributed by atoms with Crippen LogP contribution in [0.4, 0.5) is 11.4 Å². The van der Waals surface area contributed by atoms with Crippen molar-refractivity contribution in [3.63, 3.8) is 0 Å². The van der Waals surface area contributed by atoms with Crippen LogP contribution < -0.4 is 10.2 Å². The average molecular weight is 512 g/mol. The van der Waals surface area contributed by atoms with Crippen molar-refractivity contribution in [2.45, 2.75) is 43.4 Å². The van der Waals surface area contributed by atoms with Gasteiger partial charge in [0.15, 0.2) is 0 Å². The van der Waals surface area contributed by atoms with E-state index < -0.39 is 0 Å². The molecule has 35 heavy (non-hydrogen) atoms. The van der Waals surface area contributed by atoms with Gasteiger partial charge in [-0.1, -0.05) is 42.6 Å². The van der Waals surface area contributed by atoms with E-state index in [9.17, 15) is 4.79 Å². The number of amides is 1. The monoisotopic (exact) mass is 511 g/mol. The highest BCUT2D eigenvalue weighted by molar-refractivity contribution is 7.99. The van der Waals surface area contributed by atoms with Gasteiger partial charge in [-0.2, -0.15) is 0 Å². The van der Waals surface area contributed by atoms with E-state index in [-0.39, 0.29) is 11.7 Å². The van der Waals surface area contributed by atoms with E-state index >= 15 is 0 Å². The van der Waals surface area contributed by atoms with Crippen LogP contribution in [-0.2, 0) is 4.79 Å². The number of halogens is 1. The van der Waals surface area contributed by atoms with Gasteiger partial charge in [-0.05, 0) is 61.4 Å². The molecule has 2 aliphatic rings. The smallest absolute Gasteiger partial charge is 0.277 e. The second kappa shape index (κ2) is 11.5. The van der Waals surface area contributed by atoms with Gasteiger partial charge in [-0.3, -0.25) is 9.69 Å². The van der Waals surface area contributed by atoms with Gasteiger partial charge >= 0.3 is 0 Å². The molecule has 0 unspecified atom stereocenters. The Bertz CT molecular complexity index is 1110. The third-order valence-electron chi connectivity index (χ3n) is 6.75. The van der Waals surface area contributed by atoms with Gasteiger partial charge in [0.1, 0.15) is 0 Å². The minimum atomic E-state index is -0.116. The zero-order valence-electron chi connectivity index (χ0n) is 19.7. The summed E-state index contributed by atoms with van der Waals surface area (Å²) in [6.07, 6.45) is 6.90. The van der Waals surface area contributed by atoms with E-state index in [1.54, 1.807) is 12.1 Å². The van der Waals surface area contributed by atoms with Crippen molar-refractivity contribution in [3.05, 3.63) is 53.6 Å². The molecule has 2 heterocycles. The number of carbonyl (C=O) groups excluding carboxylic acids is 1. The topological polar surface area (TPSA) is 74.5 Å². The van der Waals surface area contributed by atoms with Crippen molar-refractivity contribution >= 4 is 40.6 Å². The molecule has 2 aromatic carbocycles. The SMILES string of the molecule is O=C(CSc1nnc(-c2ccc(Cl)cc2)o1)Nc1ccc(N2CCN(C3CCCCC3)CC2)cc1. The number of anilines is 2. The van der Waals surface area contributed by atoms with Crippen LogP contribution in [0.15, 0.2) is 58.2 Å². The molecule has 0 radical (unpaired) electrons. The fourth-order valence-corrected chi connectivity index (χ4v) is 5.54. The standard InChI is InChI=1S/C26H30ClN5O2S/c27-20-8-6-19(7-9-20)25-29-30-26(34-25)35-18-24(33)28-21-10-12-23(13-11-21)32-16-14-31(15-17-32)22-4-2-1-3-5-22/h6-13,22H,1-5,14-18H2,(H,28,33). The number of nitrogens with zero attached hydrogens (tertiary/aromatic N) is 4. The molecule has 1 N–H and O–H groups in total. The molecule has 1 saturated heterocycles. The molecule has 9 heteroatoms. The lowest BCUT2D eigenvalue weighted by Gasteiger charge is -2.41. The molecule has 7 nitrogen and oxygen atoms in total. The lowest BCUT2D eigenvalue weighted by Crippen LogP contribution is -2.50. The van der Waals surface area contributed by atoms with Crippen LogP contribution in [0.1, 0.15) is 32.1 Å². The van der Waals surface area contributed by atoms with Crippen molar-refractivity contribution < 1.29 is 9.21 Å². The minimum absolute atomic E-state index is 0.116. The number of hydrogen-bond donors (Lipinski definition) is 1. The Labute approximate surface area is 215 Å². The molecule has 3 aromatic rings.